The first-order valence-corrected chi connectivity index (χ1v) is 8.49. The van der Waals surface area contributed by atoms with Gasteiger partial charge < -0.3 is 14.7 Å². The van der Waals surface area contributed by atoms with E-state index in [-0.39, 0.29) is 5.41 Å². The van der Waals surface area contributed by atoms with Gasteiger partial charge >= 0.3 is 0 Å². The van der Waals surface area contributed by atoms with Crippen LogP contribution < -0.4 is 4.74 Å². The Morgan fingerprint density at radius 2 is 1.91 bits per heavy atom. The first-order chi connectivity index (χ1) is 10.5. The minimum absolute atomic E-state index is 0.0735. The lowest BCUT2D eigenvalue weighted by Crippen LogP contribution is -2.52. The monoisotopic (exact) mass is 305 g/mol. The Balaban J connectivity index is 2.47. The maximum atomic E-state index is 11.8. The van der Waals surface area contributed by atoms with Crippen LogP contribution in [-0.2, 0) is 5.60 Å². The molecule has 1 fully saturated rings. The molecule has 124 valence electrons. The summed E-state index contributed by atoms with van der Waals surface area (Å²) in [5, 5.41) is 11.8. The van der Waals surface area contributed by atoms with Crippen LogP contribution in [0.5, 0.6) is 5.75 Å². The summed E-state index contributed by atoms with van der Waals surface area (Å²) in [5.41, 5.74) is 0.125. The lowest BCUT2D eigenvalue weighted by atomic mass is 9.59. The molecule has 0 heterocycles. The summed E-state index contributed by atoms with van der Waals surface area (Å²) in [7, 11) is 5.90. The summed E-state index contributed by atoms with van der Waals surface area (Å²) in [6, 6.07) is 7.99. The van der Waals surface area contributed by atoms with Gasteiger partial charge in [0.2, 0.25) is 0 Å². The zero-order valence-corrected chi connectivity index (χ0v) is 14.6. The van der Waals surface area contributed by atoms with Gasteiger partial charge in [0, 0.05) is 12.0 Å². The van der Waals surface area contributed by atoms with Gasteiger partial charge in [-0.3, -0.25) is 0 Å². The van der Waals surface area contributed by atoms with E-state index < -0.39 is 5.60 Å². The highest BCUT2D eigenvalue weighted by molar-refractivity contribution is 5.34. The van der Waals surface area contributed by atoms with Crippen LogP contribution in [0, 0.1) is 5.41 Å². The lowest BCUT2D eigenvalue weighted by Gasteiger charge is -2.51. The molecule has 0 bridgehead atoms. The SMILES string of the molecule is CC[C@](O)(c1cccc(OC)c1)C1(CN(C)C)CCCCC1. The van der Waals surface area contributed by atoms with E-state index in [0.29, 0.717) is 0 Å². The van der Waals surface area contributed by atoms with Crippen LogP contribution in [0.1, 0.15) is 51.0 Å². The van der Waals surface area contributed by atoms with Gasteiger partial charge in [-0.25, -0.2) is 0 Å². The van der Waals surface area contributed by atoms with Crippen molar-refractivity contribution in [2.45, 2.75) is 51.0 Å². The highest BCUT2D eigenvalue weighted by Gasteiger charge is 2.50. The molecule has 0 aromatic heterocycles. The molecule has 1 aliphatic carbocycles. The third-order valence-corrected chi connectivity index (χ3v) is 5.37. The first-order valence-electron chi connectivity index (χ1n) is 8.49. The third-order valence-electron chi connectivity index (χ3n) is 5.37. The Hall–Kier alpha value is -1.06. The molecule has 0 aliphatic heterocycles. The van der Waals surface area contributed by atoms with Crippen LogP contribution in [-0.4, -0.2) is 37.8 Å². The standard InChI is InChI=1S/C19H31NO2/c1-5-19(21,16-10-9-11-17(14-16)22-4)18(15-20(2)3)12-7-6-8-13-18/h9-11,14,21H,5-8,12-13,15H2,1-4H3/t19-/m0/s1. The molecule has 0 spiro atoms. The van der Waals surface area contributed by atoms with Gasteiger partial charge in [0.1, 0.15) is 5.75 Å². The average Bonchev–Trinajstić information content (AvgIpc) is 2.54. The largest absolute Gasteiger partial charge is 0.497 e. The van der Waals surface area contributed by atoms with Gasteiger partial charge in [-0.2, -0.15) is 0 Å². The highest BCUT2D eigenvalue weighted by Crippen LogP contribution is 2.52. The second kappa shape index (κ2) is 7.01. The molecule has 2 rings (SSSR count). The molecule has 22 heavy (non-hydrogen) atoms. The van der Waals surface area contributed by atoms with Gasteiger partial charge in [0.25, 0.3) is 0 Å². The van der Waals surface area contributed by atoms with Crippen molar-refractivity contribution < 1.29 is 9.84 Å². The Morgan fingerprint density at radius 1 is 1.23 bits per heavy atom. The topological polar surface area (TPSA) is 32.7 Å². The fraction of sp³-hybridized carbons (Fsp3) is 0.684. The van der Waals surface area contributed by atoms with Crippen LogP contribution in [0.15, 0.2) is 24.3 Å². The van der Waals surface area contributed by atoms with Crippen molar-refractivity contribution >= 4 is 0 Å². The predicted molar refractivity (Wildman–Crippen MR) is 91.3 cm³/mol. The second-order valence-corrected chi connectivity index (χ2v) is 7.02. The molecular formula is C19H31NO2. The highest BCUT2D eigenvalue weighted by atomic mass is 16.5. The van der Waals surface area contributed by atoms with E-state index >= 15 is 0 Å². The van der Waals surface area contributed by atoms with Crippen LogP contribution in [0.3, 0.4) is 0 Å². The van der Waals surface area contributed by atoms with E-state index in [1.165, 1.54) is 19.3 Å². The Labute approximate surface area is 135 Å². The number of aliphatic hydroxyl groups is 1. The van der Waals surface area contributed by atoms with Crippen molar-refractivity contribution in [3.8, 4) is 5.75 Å². The molecule has 1 aromatic rings. The van der Waals surface area contributed by atoms with E-state index in [1.54, 1.807) is 7.11 Å². The van der Waals surface area contributed by atoms with Crippen LogP contribution in [0.4, 0.5) is 0 Å². The second-order valence-electron chi connectivity index (χ2n) is 7.02. The van der Waals surface area contributed by atoms with Crippen LogP contribution in [0.25, 0.3) is 0 Å². The van der Waals surface area contributed by atoms with Crippen LogP contribution in [0.2, 0.25) is 0 Å². The first kappa shape index (κ1) is 17.3. The normalized spacial score (nSPS) is 20.6. The molecule has 3 nitrogen and oxygen atoms in total. The smallest absolute Gasteiger partial charge is 0.119 e. The van der Waals surface area contributed by atoms with Gasteiger partial charge in [-0.05, 0) is 51.1 Å². The summed E-state index contributed by atoms with van der Waals surface area (Å²) in [4.78, 5) is 2.23. The predicted octanol–water partition coefficient (Wildman–Crippen LogP) is 3.80. The van der Waals surface area contributed by atoms with Gasteiger partial charge in [-0.1, -0.05) is 38.3 Å². The van der Waals surface area contributed by atoms with Gasteiger partial charge in [0.15, 0.2) is 0 Å². The molecule has 3 heteroatoms. The molecule has 1 aliphatic rings. The van der Waals surface area contributed by atoms with Crippen molar-refractivity contribution in [1.82, 2.24) is 4.90 Å². The zero-order valence-electron chi connectivity index (χ0n) is 14.6. The Morgan fingerprint density at radius 3 is 2.45 bits per heavy atom. The third kappa shape index (κ3) is 3.16. The molecule has 1 aromatic carbocycles. The molecule has 0 saturated heterocycles. The Kier molecular flexibility index (Phi) is 5.51. The maximum Gasteiger partial charge on any atom is 0.119 e. The molecule has 0 amide bonds. The van der Waals surface area contributed by atoms with Crippen molar-refractivity contribution in [1.29, 1.82) is 0 Å². The van der Waals surface area contributed by atoms with Crippen molar-refractivity contribution in [2.24, 2.45) is 5.41 Å². The molecule has 0 unspecified atom stereocenters. The van der Waals surface area contributed by atoms with Crippen molar-refractivity contribution in [3.63, 3.8) is 0 Å². The summed E-state index contributed by atoms with van der Waals surface area (Å²) in [6.45, 7) is 3.03. The summed E-state index contributed by atoms with van der Waals surface area (Å²) in [6.07, 6.45) is 6.61. The lowest BCUT2D eigenvalue weighted by molar-refractivity contribution is -0.123. The molecule has 0 radical (unpaired) electrons. The maximum absolute atomic E-state index is 11.8. The number of hydrogen-bond donors (Lipinski definition) is 1. The summed E-state index contributed by atoms with van der Waals surface area (Å²) < 4.78 is 5.37. The fourth-order valence-corrected chi connectivity index (χ4v) is 4.30. The van der Waals surface area contributed by atoms with Crippen molar-refractivity contribution in [2.75, 3.05) is 27.7 Å². The van der Waals surface area contributed by atoms with Crippen molar-refractivity contribution in [3.05, 3.63) is 29.8 Å². The summed E-state index contributed by atoms with van der Waals surface area (Å²) >= 11 is 0. The van der Waals surface area contributed by atoms with E-state index in [2.05, 4.69) is 32.0 Å². The zero-order chi connectivity index (χ0) is 16.2. The Bertz CT molecular complexity index is 480. The number of benzene rings is 1. The van der Waals surface area contributed by atoms with Gasteiger partial charge in [-0.15, -0.1) is 0 Å². The number of ether oxygens (including phenoxy) is 1. The van der Waals surface area contributed by atoms with Crippen LogP contribution >= 0.6 is 0 Å². The number of rotatable bonds is 6. The molecule has 1 N–H and O–H groups in total. The molecule has 1 atom stereocenters. The number of methoxy groups -OCH3 is 1. The van der Waals surface area contributed by atoms with Gasteiger partial charge in [0.05, 0.1) is 12.7 Å². The van der Waals surface area contributed by atoms with E-state index in [4.69, 9.17) is 4.74 Å². The summed E-state index contributed by atoms with van der Waals surface area (Å²) in [5.74, 6) is 0.820. The van der Waals surface area contributed by atoms with E-state index in [9.17, 15) is 5.11 Å². The fourth-order valence-electron chi connectivity index (χ4n) is 4.30. The molecular weight excluding hydrogens is 274 g/mol. The minimum atomic E-state index is -0.799. The van der Waals surface area contributed by atoms with E-state index in [0.717, 1.165) is 37.1 Å². The number of hydrogen-bond acceptors (Lipinski definition) is 3. The quantitative estimate of drug-likeness (QED) is 0.867. The van der Waals surface area contributed by atoms with E-state index in [1.807, 2.05) is 18.2 Å². The molecule has 1 saturated carbocycles. The number of nitrogens with zero attached hydrogens (tertiary/aromatic N) is 1. The minimum Gasteiger partial charge on any atom is -0.497 e. The average molecular weight is 305 g/mol.